The normalized spacial score (nSPS) is 13.8. The van der Waals surface area contributed by atoms with E-state index in [1.807, 2.05) is 11.4 Å². The molecule has 1 aromatic heterocycles. The molecule has 0 aliphatic heterocycles. The summed E-state index contributed by atoms with van der Waals surface area (Å²) in [5.74, 6) is 0.653. The van der Waals surface area contributed by atoms with E-state index in [4.69, 9.17) is 5.11 Å². The van der Waals surface area contributed by atoms with Crippen molar-refractivity contribution in [3.63, 3.8) is 0 Å². The summed E-state index contributed by atoms with van der Waals surface area (Å²) in [6.45, 7) is 4.93. The first kappa shape index (κ1) is 21.3. The van der Waals surface area contributed by atoms with E-state index in [-0.39, 0.29) is 0 Å². The molecule has 2 nitrogen and oxygen atoms in total. The molecule has 0 amide bonds. The van der Waals surface area contributed by atoms with Crippen molar-refractivity contribution in [1.82, 2.24) is 0 Å². The van der Waals surface area contributed by atoms with Crippen molar-refractivity contribution in [2.75, 3.05) is 6.61 Å². The molecular weight excluding hydrogens is 292 g/mol. The van der Waals surface area contributed by atoms with Gasteiger partial charge in [0.2, 0.25) is 0 Å². The minimum atomic E-state index is 0.417. The number of rotatable bonds is 7. The van der Waals surface area contributed by atoms with Crippen molar-refractivity contribution in [2.24, 2.45) is 5.92 Å². The van der Waals surface area contributed by atoms with Crippen molar-refractivity contribution in [3.8, 4) is 0 Å². The van der Waals surface area contributed by atoms with Crippen LogP contribution in [0.4, 0.5) is 0 Å². The van der Waals surface area contributed by atoms with Gasteiger partial charge in [-0.2, -0.15) is 0 Å². The van der Waals surface area contributed by atoms with Gasteiger partial charge in [-0.25, -0.2) is 0 Å². The highest BCUT2D eigenvalue weighted by Gasteiger charge is 2.12. The van der Waals surface area contributed by atoms with Crippen molar-refractivity contribution in [3.05, 3.63) is 22.4 Å². The van der Waals surface area contributed by atoms with Crippen LogP contribution in [-0.4, -0.2) is 18.0 Å². The first-order valence-corrected chi connectivity index (χ1v) is 9.75. The van der Waals surface area contributed by atoms with Gasteiger partial charge >= 0.3 is 0 Å². The molecule has 1 heterocycles. The summed E-state index contributed by atoms with van der Waals surface area (Å²) >= 11 is 1.45. The third-order valence-electron chi connectivity index (χ3n) is 3.85. The number of unbranched alkanes of at least 4 members (excludes halogenated alkanes) is 5. The second-order valence-electron chi connectivity index (χ2n) is 5.88. The molecule has 0 spiro atoms. The molecule has 1 N–H and O–H groups in total. The third kappa shape index (κ3) is 13.0. The minimum absolute atomic E-state index is 0.417. The first-order chi connectivity index (χ1) is 10.8. The van der Waals surface area contributed by atoms with Crippen molar-refractivity contribution in [2.45, 2.75) is 78.1 Å². The zero-order valence-electron chi connectivity index (χ0n) is 14.4. The predicted molar refractivity (Wildman–Crippen MR) is 97.8 cm³/mol. The van der Waals surface area contributed by atoms with Crippen LogP contribution in [-0.2, 0) is 0 Å². The van der Waals surface area contributed by atoms with E-state index in [9.17, 15) is 4.79 Å². The van der Waals surface area contributed by atoms with Crippen LogP contribution in [0.25, 0.3) is 0 Å². The van der Waals surface area contributed by atoms with Gasteiger partial charge in [-0.15, -0.1) is 11.3 Å². The Kier molecular flexibility index (Phi) is 16.2. The molecule has 1 aliphatic carbocycles. The number of thiophene rings is 1. The molecule has 1 saturated carbocycles. The Morgan fingerprint density at radius 2 is 1.73 bits per heavy atom. The summed E-state index contributed by atoms with van der Waals surface area (Å²) in [5, 5.41) is 10.4. The highest BCUT2D eigenvalue weighted by atomic mass is 32.1. The molecule has 3 heteroatoms. The van der Waals surface area contributed by atoms with Crippen molar-refractivity contribution in [1.29, 1.82) is 0 Å². The smallest absolute Gasteiger partial charge is 0.159 e. The van der Waals surface area contributed by atoms with E-state index in [0.29, 0.717) is 12.5 Å². The van der Waals surface area contributed by atoms with E-state index in [1.54, 1.807) is 6.07 Å². The molecule has 1 aromatic rings. The number of carbonyl (C=O) groups excluding carboxylic acids is 1. The van der Waals surface area contributed by atoms with Crippen LogP contribution in [0.2, 0.25) is 0 Å². The quantitative estimate of drug-likeness (QED) is 0.486. The number of hydrogen-bond acceptors (Lipinski definition) is 3. The van der Waals surface area contributed by atoms with Crippen LogP contribution >= 0.6 is 11.3 Å². The molecule has 0 aromatic carbocycles. The predicted octanol–water partition coefficient (Wildman–Crippen LogP) is 6.10. The molecule has 128 valence electrons. The highest BCUT2D eigenvalue weighted by molar-refractivity contribution is 7.11. The number of aliphatic hydroxyl groups excluding tert-OH is 1. The lowest BCUT2D eigenvalue weighted by Crippen LogP contribution is -1.97. The van der Waals surface area contributed by atoms with Crippen LogP contribution in [0.3, 0.4) is 0 Å². The summed E-state index contributed by atoms with van der Waals surface area (Å²) in [7, 11) is 0. The average molecular weight is 327 g/mol. The zero-order chi connectivity index (χ0) is 16.5. The van der Waals surface area contributed by atoms with Crippen LogP contribution in [0.1, 0.15) is 87.7 Å². The largest absolute Gasteiger partial charge is 0.396 e. The summed E-state index contributed by atoms with van der Waals surface area (Å²) in [4.78, 5) is 10.7. The van der Waals surface area contributed by atoms with E-state index in [0.717, 1.165) is 11.2 Å². The fraction of sp³-hybridized carbons (Fsp3) is 0.737. The zero-order valence-corrected chi connectivity index (χ0v) is 15.2. The molecule has 0 unspecified atom stereocenters. The molecule has 22 heavy (non-hydrogen) atoms. The topological polar surface area (TPSA) is 37.3 Å². The minimum Gasteiger partial charge on any atom is -0.396 e. The van der Waals surface area contributed by atoms with E-state index >= 15 is 0 Å². The Morgan fingerprint density at radius 3 is 2.00 bits per heavy atom. The highest BCUT2D eigenvalue weighted by Crippen LogP contribution is 2.23. The number of aldehydes is 1. The average Bonchev–Trinajstić information content (AvgIpc) is 3.25. The van der Waals surface area contributed by atoms with E-state index < -0.39 is 0 Å². The lowest BCUT2D eigenvalue weighted by molar-refractivity contribution is 0.112. The molecular formula is C19H34O2S. The molecule has 0 radical (unpaired) electrons. The summed E-state index contributed by atoms with van der Waals surface area (Å²) in [5.41, 5.74) is 0. The van der Waals surface area contributed by atoms with Gasteiger partial charge in [-0.3, -0.25) is 4.79 Å². The van der Waals surface area contributed by atoms with Gasteiger partial charge in [0.25, 0.3) is 0 Å². The van der Waals surface area contributed by atoms with E-state index in [2.05, 4.69) is 13.8 Å². The van der Waals surface area contributed by atoms with Gasteiger partial charge in [0.05, 0.1) is 4.88 Å². The van der Waals surface area contributed by atoms with Crippen molar-refractivity contribution < 1.29 is 9.90 Å². The van der Waals surface area contributed by atoms with Crippen LogP contribution in [0.15, 0.2) is 17.5 Å². The summed E-state index contributed by atoms with van der Waals surface area (Å²) < 4.78 is 0. The van der Waals surface area contributed by atoms with Gasteiger partial charge in [-0.1, -0.05) is 71.3 Å². The molecule has 2 rings (SSSR count). The molecule has 1 fully saturated rings. The Hall–Kier alpha value is -0.670. The first-order valence-electron chi connectivity index (χ1n) is 8.87. The standard InChI is InChI=1S/C8H18.C6H12O.C5H4OS/c1-3-5-7-8-6-4-2;7-5-6-3-1-2-4-6;6-4-5-2-1-3-7-5/h3-8H2,1-2H3;6-7H,1-5H2;1-4H. The van der Waals surface area contributed by atoms with Gasteiger partial charge in [-0.05, 0) is 30.2 Å². The van der Waals surface area contributed by atoms with Gasteiger partial charge < -0.3 is 5.11 Å². The SMILES string of the molecule is CCCCCCCC.O=Cc1cccs1.OCC1CCCC1. The maximum atomic E-state index is 9.88. The second kappa shape index (κ2) is 16.7. The maximum absolute atomic E-state index is 9.88. The van der Waals surface area contributed by atoms with E-state index in [1.165, 1.54) is 75.5 Å². The second-order valence-corrected chi connectivity index (χ2v) is 6.86. The van der Waals surface area contributed by atoms with Crippen LogP contribution in [0.5, 0.6) is 0 Å². The number of hydrogen-bond donors (Lipinski definition) is 1. The number of carbonyl (C=O) groups is 1. The van der Waals surface area contributed by atoms with Gasteiger partial charge in [0, 0.05) is 6.61 Å². The molecule has 0 saturated heterocycles. The Bertz CT molecular complexity index is 310. The lowest BCUT2D eigenvalue weighted by atomic mass is 10.1. The maximum Gasteiger partial charge on any atom is 0.159 e. The summed E-state index contributed by atoms with van der Waals surface area (Å²) in [6, 6.07) is 3.64. The van der Waals surface area contributed by atoms with Gasteiger partial charge in [0.1, 0.15) is 0 Å². The molecule has 0 atom stereocenters. The molecule has 1 aliphatic rings. The Labute approximate surface area is 141 Å². The monoisotopic (exact) mass is 326 g/mol. The Balaban J connectivity index is 0.000000301. The van der Waals surface area contributed by atoms with Crippen LogP contribution < -0.4 is 0 Å². The third-order valence-corrected chi connectivity index (χ3v) is 4.65. The van der Waals surface area contributed by atoms with Gasteiger partial charge in [0.15, 0.2) is 6.29 Å². The van der Waals surface area contributed by atoms with Crippen molar-refractivity contribution >= 4 is 17.6 Å². The molecule has 0 bridgehead atoms. The van der Waals surface area contributed by atoms with Crippen LogP contribution in [0, 0.1) is 5.92 Å². The fourth-order valence-corrected chi connectivity index (χ4v) is 2.93. The summed E-state index contributed by atoms with van der Waals surface area (Å²) in [6.07, 6.45) is 14.5. The number of aliphatic hydroxyl groups is 1. The fourth-order valence-electron chi connectivity index (χ4n) is 2.40. The lowest BCUT2D eigenvalue weighted by Gasteiger charge is -1.98. The Morgan fingerprint density at radius 1 is 1.14 bits per heavy atom.